The first-order valence-corrected chi connectivity index (χ1v) is 14.0. The predicted octanol–water partition coefficient (Wildman–Crippen LogP) is 4.85. The molecule has 196 valence electrons. The molecule has 7 nitrogen and oxygen atoms in total. The first kappa shape index (κ1) is 27.3. The van der Waals surface area contributed by atoms with Gasteiger partial charge in [0.25, 0.3) is 0 Å². The zero-order chi connectivity index (χ0) is 26.6. The minimum Gasteiger partial charge on any atom is -0.497 e. The molecule has 1 aliphatic rings. The summed E-state index contributed by atoms with van der Waals surface area (Å²) in [6.45, 7) is 3.89. The highest BCUT2D eigenvalue weighted by atomic mass is 35.5. The van der Waals surface area contributed by atoms with E-state index in [1.807, 2.05) is 31.2 Å². The van der Waals surface area contributed by atoms with Crippen molar-refractivity contribution in [2.75, 3.05) is 44.7 Å². The molecule has 1 heterocycles. The maximum Gasteiger partial charge on any atom is 0.243 e. The lowest BCUT2D eigenvalue weighted by molar-refractivity contribution is -0.131. The molecule has 1 fully saturated rings. The van der Waals surface area contributed by atoms with Crippen LogP contribution in [-0.2, 0) is 21.4 Å². The van der Waals surface area contributed by atoms with Gasteiger partial charge in [0.05, 0.1) is 28.6 Å². The number of halogens is 2. The number of piperazine rings is 1. The Kier molecular flexibility index (Phi) is 8.64. The van der Waals surface area contributed by atoms with Crippen LogP contribution in [0.5, 0.6) is 5.75 Å². The second kappa shape index (κ2) is 11.7. The second-order valence-electron chi connectivity index (χ2n) is 8.90. The smallest absolute Gasteiger partial charge is 0.243 e. The number of nitrogens with zero attached hydrogens (tertiary/aromatic N) is 3. The summed E-state index contributed by atoms with van der Waals surface area (Å²) < 4.78 is 33.6. The second-order valence-corrected chi connectivity index (χ2v) is 11.7. The molecule has 10 heteroatoms. The van der Waals surface area contributed by atoms with Gasteiger partial charge in [0, 0.05) is 38.4 Å². The molecule has 1 saturated heterocycles. The van der Waals surface area contributed by atoms with Gasteiger partial charge in [0.1, 0.15) is 5.75 Å². The van der Waals surface area contributed by atoms with E-state index in [1.54, 1.807) is 54.5 Å². The Morgan fingerprint density at radius 2 is 1.57 bits per heavy atom. The molecule has 3 aromatic carbocycles. The number of carbonyl (C=O) groups is 1. The molecule has 0 saturated carbocycles. The van der Waals surface area contributed by atoms with E-state index in [2.05, 4.69) is 4.90 Å². The highest BCUT2D eigenvalue weighted by molar-refractivity contribution is 7.89. The highest BCUT2D eigenvalue weighted by Gasteiger charge is 2.30. The lowest BCUT2D eigenvalue weighted by Gasteiger charge is -2.37. The van der Waals surface area contributed by atoms with E-state index in [0.717, 1.165) is 17.0 Å². The fourth-order valence-electron chi connectivity index (χ4n) is 4.18. The SMILES string of the molecule is COc1ccc(N2CCN(C(=O)CN(Cc3ccc(Cl)c(Cl)c3)S(=O)(=O)c3ccc(C)cc3)CC2)cc1. The number of amides is 1. The number of benzene rings is 3. The molecule has 0 unspecified atom stereocenters. The van der Waals surface area contributed by atoms with Gasteiger partial charge in [-0.3, -0.25) is 4.79 Å². The topological polar surface area (TPSA) is 70.2 Å². The van der Waals surface area contributed by atoms with Crippen molar-refractivity contribution in [2.45, 2.75) is 18.4 Å². The first-order chi connectivity index (χ1) is 17.7. The van der Waals surface area contributed by atoms with E-state index < -0.39 is 10.0 Å². The van der Waals surface area contributed by atoms with Gasteiger partial charge in [-0.2, -0.15) is 4.31 Å². The quantitative estimate of drug-likeness (QED) is 0.393. The van der Waals surface area contributed by atoms with Crippen LogP contribution in [0.4, 0.5) is 5.69 Å². The highest BCUT2D eigenvalue weighted by Crippen LogP contribution is 2.26. The third kappa shape index (κ3) is 6.57. The van der Waals surface area contributed by atoms with Crippen molar-refractivity contribution in [1.82, 2.24) is 9.21 Å². The molecule has 0 aromatic heterocycles. The van der Waals surface area contributed by atoms with Crippen LogP contribution >= 0.6 is 23.2 Å². The summed E-state index contributed by atoms with van der Waals surface area (Å²) in [5.74, 6) is 0.541. The van der Waals surface area contributed by atoms with E-state index in [0.29, 0.717) is 41.8 Å². The summed E-state index contributed by atoms with van der Waals surface area (Å²) in [5.41, 5.74) is 2.64. The Morgan fingerprint density at radius 3 is 2.16 bits per heavy atom. The number of rotatable bonds is 8. The molecule has 1 amide bonds. The summed E-state index contributed by atoms with van der Waals surface area (Å²) in [6.07, 6.45) is 0. The van der Waals surface area contributed by atoms with Crippen molar-refractivity contribution >= 4 is 44.8 Å². The van der Waals surface area contributed by atoms with Crippen molar-refractivity contribution in [2.24, 2.45) is 0 Å². The molecule has 0 spiro atoms. The van der Waals surface area contributed by atoms with E-state index in [1.165, 1.54) is 4.31 Å². The summed E-state index contributed by atoms with van der Waals surface area (Å²) >= 11 is 12.2. The minimum atomic E-state index is -3.95. The van der Waals surface area contributed by atoms with Gasteiger partial charge in [-0.25, -0.2) is 8.42 Å². The van der Waals surface area contributed by atoms with E-state index in [9.17, 15) is 13.2 Å². The largest absolute Gasteiger partial charge is 0.497 e. The van der Waals surface area contributed by atoms with Crippen molar-refractivity contribution in [3.63, 3.8) is 0 Å². The maximum atomic E-state index is 13.6. The van der Waals surface area contributed by atoms with Gasteiger partial charge >= 0.3 is 0 Å². The molecule has 0 aliphatic carbocycles. The fourth-order valence-corrected chi connectivity index (χ4v) is 5.88. The molecule has 0 radical (unpaired) electrons. The molecular weight excluding hydrogens is 533 g/mol. The van der Waals surface area contributed by atoms with E-state index in [-0.39, 0.29) is 23.9 Å². The van der Waals surface area contributed by atoms with Crippen molar-refractivity contribution in [3.8, 4) is 5.75 Å². The number of anilines is 1. The Balaban J connectivity index is 1.49. The van der Waals surface area contributed by atoms with Gasteiger partial charge < -0.3 is 14.5 Å². The minimum absolute atomic E-state index is 0.00927. The summed E-state index contributed by atoms with van der Waals surface area (Å²) in [4.78, 5) is 17.4. The maximum absolute atomic E-state index is 13.6. The Hall–Kier alpha value is -2.78. The van der Waals surface area contributed by atoms with Crippen molar-refractivity contribution in [3.05, 3.63) is 87.9 Å². The number of methoxy groups -OCH3 is 1. The van der Waals surface area contributed by atoms with Gasteiger partial charge in [-0.05, 0) is 61.0 Å². The number of hydrogen-bond acceptors (Lipinski definition) is 5. The fraction of sp³-hybridized carbons (Fsp3) is 0.296. The molecule has 4 rings (SSSR count). The lowest BCUT2D eigenvalue weighted by Crippen LogP contribution is -2.51. The number of carbonyl (C=O) groups excluding carboxylic acids is 1. The number of hydrogen-bond donors (Lipinski definition) is 0. The molecule has 0 N–H and O–H groups in total. The van der Waals surface area contributed by atoms with E-state index >= 15 is 0 Å². The average molecular weight is 563 g/mol. The van der Waals surface area contributed by atoms with Crippen LogP contribution < -0.4 is 9.64 Å². The third-order valence-corrected chi connectivity index (χ3v) is 8.93. The summed E-state index contributed by atoms with van der Waals surface area (Å²) in [7, 11) is -2.32. The van der Waals surface area contributed by atoms with Crippen molar-refractivity contribution < 1.29 is 17.9 Å². The van der Waals surface area contributed by atoms with Crippen LogP contribution in [0.3, 0.4) is 0 Å². The molecule has 1 aliphatic heterocycles. The van der Waals surface area contributed by atoms with Gasteiger partial charge in [-0.1, -0.05) is 47.0 Å². The van der Waals surface area contributed by atoms with Crippen LogP contribution in [0.1, 0.15) is 11.1 Å². The molecule has 0 bridgehead atoms. The van der Waals surface area contributed by atoms with Crippen LogP contribution in [0.25, 0.3) is 0 Å². The monoisotopic (exact) mass is 561 g/mol. The predicted molar refractivity (Wildman–Crippen MR) is 147 cm³/mol. The molecular formula is C27H29Cl2N3O4S. The zero-order valence-corrected chi connectivity index (χ0v) is 23.1. The Bertz CT molecular complexity index is 1340. The molecule has 37 heavy (non-hydrogen) atoms. The molecule has 0 atom stereocenters. The van der Waals surface area contributed by atoms with Crippen molar-refractivity contribution in [1.29, 1.82) is 0 Å². The normalized spacial score (nSPS) is 14.2. The van der Waals surface area contributed by atoms with Gasteiger partial charge in [0.15, 0.2) is 0 Å². The van der Waals surface area contributed by atoms with Crippen LogP contribution in [0.15, 0.2) is 71.6 Å². The van der Waals surface area contributed by atoms with Crippen LogP contribution in [0, 0.1) is 6.92 Å². The van der Waals surface area contributed by atoms with Crippen LogP contribution in [0.2, 0.25) is 10.0 Å². The zero-order valence-electron chi connectivity index (χ0n) is 20.7. The summed E-state index contributed by atoms with van der Waals surface area (Å²) in [5, 5.41) is 0.706. The Labute approximate surface area is 228 Å². The number of sulfonamides is 1. The van der Waals surface area contributed by atoms with Crippen LogP contribution in [-0.4, -0.2) is 63.4 Å². The molecule has 3 aromatic rings. The number of aryl methyl sites for hydroxylation is 1. The van der Waals surface area contributed by atoms with Gasteiger partial charge in [-0.15, -0.1) is 0 Å². The van der Waals surface area contributed by atoms with E-state index in [4.69, 9.17) is 27.9 Å². The summed E-state index contributed by atoms with van der Waals surface area (Å²) in [6, 6.07) is 19.4. The third-order valence-electron chi connectivity index (χ3n) is 6.38. The standard InChI is InChI=1S/C27H29Cl2N3O4S/c1-20-3-10-24(11-4-20)37(34,35)32(18-21-5-12-25(28)26(29)17-21)19-27(33)31-15-13-30(14-16-31)22-6-8-23(36-2)9-7-22/h3-12,17H,13-16,18-19H2,1-2H3. The lowest BCUT2D eigenvalue weighted by atomic mass is 10.2. The Morgan fingerprint density at radius 1 is 0.919 bits per heavy atom. The average Bonchev–Trinajstić information content (AvgIpc) is 2.90. The first-order valence-electron chi connectivity index (χ1n) is 11.8. The van der Waals surface area contributed by atoms with Gasteiger partial charge in [0.2, 0.25) is 15.9 Å². The number of ether oxygens (including phenoxy) is 1.